The van der Waals surface area contributed by atoms with Crippen LogP contribution in [0.25, 0.3) is 0 Å². The maximum Gasteiger partial charge on any atom is 0.306 e. The Labute approximate surface area is 153 Å². The van der Waals surface area contributed by atoms with E-state index in [4.69, 9.17) is 4.74 Å². The van der Waals surface area contributed by atoms with Gasteiger partial charge in [0.15, 0.2) is 0 Å². The number of halogens is 1. The van der Waals surface area contributed by atoms with E-state index in [0.29, 0.717) is 6.42 Å². The molecule has 23 heavy (non-hydrogen) atoms. The number of unbranched alkanes of at least 4 members (excludes halogenated alkanes) is 11. The average Bonchev–Trinajstić information content (AvgIpc) is 2.53. The summed E-state index contributed by atoms with van der Waals surface area (Å²) >= 11 is 3.41. The molecule has 1 unspecified atom stereocenters. The van der Waals surface area contributed by atoms with Gasteiger partial charge in [-0.3, -0.25) is 4.79 Å². The Bertz CT molecular complexity index is 256. The maximum atomic E-state index is 11.7. The number of carbonyl (C=O) groups excluding carboxylic acids is 1. The van der Waals surface area contributed by atoms with Crippen molar-refractivity contribution in [2.75, 3.05) is 5.33 Å². The molecule has 138 valence electrons. The quantitative estimate of drug-likeness (QED) is 0.149. The van der Waals surface area contributed by atoms with E-state index >= 15 is 0 Å². The summed E-state index contributed by atoms with van der Waals surface area (Å²) in [5.74, 6) is -0.0147. The zero-order valence-electron chi connectivity index (χ0n) is 15.6. The third-order valence-electron chi connectivity index (χ3n) is 4.31. The van der Waals surface area contributed by atoms with E-state index in [0.717, 1.165) is 31.0 Å². The van der Waals surface area contributed by atoms with Crippen LogP contribution < -0.4 is 0 Å². The van der Waals surface area contributed by atoms with E-state index in [1.54, 1.807) is 0 Å². The Morgan fingerprint density at radius 1 is 0.826 bits per heavy atom. The molecule has 0 aliphatic rings. The molecule has 0 spiro atoms. The summed E-state index contributed by atoms with van der Waals surface area (Å²) in [5, 5.41) is 1.02. The van der Waals surface area contributed by atoms with Crippen LogP contribution in [0.15, 0.2) is 0 Å². The Balaban J connectivity index is 3.29. The van der Waals surface area contributed by atoms with Crippen molar-refractivity contribution < 1.29 is 9.53 Å². The first-order chi connectivity index (χ1) is 11.2. The lowest BCUT2D eigenvalue weighted by atomic mass is 10.0. The summed E-state index contributed by atoms with van der Waals surface area (Å²) in [7, 11) is 0. The molecular formula is C20H39BrO2. The van der Waals surface area contributed by atoms with E-state index in [1.165, 1.54) is 64.2 Å². The molecule has 1 atom stereocenters. The molecule has 3 heteroatoms. The van der Waals surface area contributed by atoms with Gasteiger partial charge in [-0.25, -0.2) is 0 Å². The molecule has 2 nitrogen and oxygen atoms in total. The number of rotatable bonds is 17. The zero-order valence-corrected chi connectivity index (χ0v) is 17.2. The molecule has 0 heterocycles. The number of ether oxygens (including phenoxy) is 1. The fraction of sp³-hybridized carbons (Fsp3) is 0.950. The van der Waals surface area contributed by atoms with Crippen molar-refractivity contribution >= 4 is 21.9 Å². The van der Waals surface area contributed by atoms with Crippen molar-refractivity contribution in [2.45, 2.75) is 116 Å². The van der Waals surface area contributed by atoms with E-state index in [2.05, 4.69) is 22.9 Å². The van der Waals surface area contributed by atoms with Crippen molar-refractivity contribution in [1.29, 1.82) is 0 Å². The predicted molar refractivity (Wildman–Crippen MR) is 104 cm³/mol. The predicted octanol–water partition coefficient (Wildman–Crippen LogP) is 7.18. The number of hydrogen-bond donors (Lipinski definition) is 0. The van der Waals surface area contributed by atoms with E-state index in [-0.39, 0.29) is 12.1 Å². The number of alkyl halides is 1. The average molecular weight is 391 g/mol. The van der Waals surface area contributed by atoms with Gasteiger partial charge in [-0.05, 0) is 32.6 Å². The molecule has 0 saturated heterocycles. The molecule has 0 rings (SSSR count). The Morgan fingerprint density at radius 3 is 1.91 bits per heavy atom. The fourth-order valence-electron chi connectivity index (χ4n) is 2.80. The minimum atomic E-state index is -0.0147. The van der Waals surface area contributed by atoms with Crippen molar-refractivity contribution in [3.63, 3.8) is 0 Å². The summed E-state index contributed by atoms with van der Waals surface area (Å²) in [4.78, 5) is 11.7. The third kappa shape index (κ3) is 18.1. The first-order valence-corrected chi connectivity index (χ1v) is 11.1. The lowest BCUT2D eigenvalue weighted by Gasteiger charge is -2.13. The van der Waals surface area contributed by atoms with Crippen LogP contribution in [0.4, 0.5) is 0 Å². The van der Waals surface area contributed by atoms with E-state index in [9.17, 15) is 4.79 Å². The molecular weight excluding hydrogens is 352 g/mol. The maximum absolute atomic E-state index is 11.7. The lowest BCUT2D eigenvalue weighted by Crippen LogP contribution is -2.14. The summed E-state index contributed by atoms with van der Waals surface area (Å²) in [6.07, 6.45) is 18.4. The summed E-state index contributed by atoms with van der Waals surface area (Å²) in [5.41, 5.74) is 0. The second kappa shape index (κ2) is 18.3. The first kappa shape index (κ1) is 22.9. The van der Waals surface area contributed by atoms with Crippen LogP contribution in [0.5, 0.6) is 0 Å². The van der Waals surface area contributed by atoms with Crippen LogP contribution in [-0.2, 0) is 9.53 Å². The monoisotopic (exact) mass is 390 g/mol. The van der Waals surface area contributed by atoms with Gasteiger partial charge in [-0.1, -0.05) is 87.1 Å². The van der Waals surface area contributed by atoms with Gasteiger partial charge in [0.25, 0.3) is 0 Å². The van der Waals surface area contributed by atoms with Gasteiger partial charge in [-0.2, -0.15) is 0 Å². The van der Waals surface area contributed by atoms with Crippen molar-refractivity contribution in [2.24, 2.45) is 0 Å². The normalized spacial score (nSPS) is 12.3. The highest BCUT2D eigenvalue weighted by Gasteiger charge is 2.08. The van der Waals surface area contributed by atoms with Crippen molar-refractivity contribution in [1.82, 2.24) is 0 Å². The van der Waals surface area contributed by atoms with Gasteiger partial charge in [-0.15, -0.1) is 0 Å². The second-order valence-electron chi connectivity index (χ2n) is 6.77. The van der Waals surface area contributed by atoms with Crippen molar-refractivity contribution in [3.8, 4) is 0 Å². The van der Waals surface area contributed by atoms with Gasteiger partial charge < -0.3 is 4.74 Å². The third-order valence-corrected chi connectivity index (χ3v) is 4.87. The molecule has 0 aliphatic carbocycles. The van der Waals surface area contributed by atoms with Gasteiger partial charge in [0.1, 0.15) is 0 Å². The second-order valence-corrected chi connectivity index (χ2v) is 7.56. The highest BCUT2D eigenvalue weighted by Crippen LogP contribution is 2.13. The highest BCUT2D eigenvalue weighted by molar-refractivity contribution is 9.09. The molecule has 0 aromatic carbocycles. The fourth-order valence-corrected chi connectivity index (χ4v) is 3.20. The van der Waals surface area contributed by atoms with Gasteiger partial charge in [0.2, 0.25) is 0 Å². The highest BCUT2D eigenvalue weighted by atomic mass is 79.9. The van der Waals surface area contributed by atoms with E-state index < -0.39 is 0 Å². The van der Waals surface area contributed by atoms with Gasteiger partial charge in [0, 0.05) is 11.8 Å². The van der Waals surface area contributed by atoms with Crippen LogP contribution >= 0.6 is 15.9 Å². The van der Waals surface area contributed by atoms with Crippen LogP contribution in [0.1, 0.15) is 110 Å². The smallest absolute Gasteiger partial charge is 0.306 e. The molecule has 0 saturated carbocycles. The summed E-state index contributed by atoms with van der Waals surface area (Å²) in [6.45, 7) is 4.30. The molecule has 0 aliphatic heterocycles. The molecule has 0 N–H and O–H groups in total. The number of carbonyl (C=O) groups is 1. The minimum absolute atomic E-state index is 0.0147. The molecule has 0 aromatic rings. The first-order valence-electron chi connectivity index (χ1n) is 9.96. The number of esters is 1. The standard InChI is InChI=1S/C20H39BrO2/c1-3-4-5-6-7-8-9-10-11-13-16-19(2)23-20(22)17-14-12-15-18-21/h19H,3-18H2,1-2H3. The Kier molecular flexibility index (Phi) is 18.3. The lowest BCUT2D eigenvalue weighted by molar-refractivity contribution is -0.148. The topological polar surface area (TPSA) is 26.3 Å². The Morgan fingerprint density at radius 2 is 1.35 bits per heavy atom. The molecule has 0 amide bonds. The van der Waals surface area contributed by atoms with Crippen LogP contribution in [0.3, 0.4) is 0 Å². The zero-order chi connectivity index (χ0) is 17.2. The molecule has 0 aromatic heterocycles. The van der Waals surface area contributed by atoms with Gasteiger partial charge >= 0.3 is 5.97 Å². The summed E-state index contributed by atoms with van der Waals surface area (Å²) < 4.78 is 5.46. The van der Waals surface area contributed by atoms with Gasteiger partial charge in [0.05, 0.1) is 6.10 Å². The molecule has 0 fully saturated rings. The minimum Gasteiger partial charge on any atom is -0.463 e. The Hall–Kier alpha value is -0.0500. The number of hydrogen-bond acceptors (Lipinski definition) is 2. The van der Waals surface area contributed by atoms with Crippen LogP contribution in [0, 0.1) is 0 Å². The molecule has 0 radical (unpaired) electrons. The van der Waals surface area contributed by atoms with Crippen LogP contribution in [0.2, 0.25) is 0 Å². The van der Waals surface area contributed by atoms with Crippen LogP contribution in [-0.4, -0.2) is 17.4 Å². The van der Waals surface area contributed by atoms with Crippen molar-refractivity contribution in [3.05, 3.63) is 0 Å². The summed E-state index contributed by atoms with van der Waals surface area (Å²) in [6, 6.07) is 0. The SMILES string of the molecule is CCCCCCCCCCCCC(C)OC(=O)CCCCCBr. The molecule has 0 bridgehead atoms. The van der Waals surface area contributed by atoms with E-state index in [1.807, 2.05) is 6.92 Å². The largest absolute Gasteiger partial charge is 0.463 e.